The number of carbonyl (C=O) groups is 1. The smallest absolute Gasteiger partial charge is 0.239 e. The maximum atomic E-state index is 11.9. The molecule has 1 atom stereocenters. The second kappa shape index (κ2) is 6.93. The van der Waals surface area contributed by atoms with Gasteiger partial charge in [0, 0.05) is 11.9 Å². The fourth-order valence-electron chi connectivity index (χ4n) is 1.37. The van der Waals surface area contributed by atoms with E-state index in [1.54, 1.807) is 35.0 Å². The topological polar surface area (TPSA) is 46.3 Å². The first-order valence-corrected chi connectivity index (χ1v) is 7.44. The summed E-state index contributed by atoms with van der Waals surface area (Å²) in [7, 11) is 1.81. The Kier molecular flexibility index (Phi) is 5.87. The summed E-state index contributed by atoms with van der Waals surface area (Å²) in [6, 6.07) is 3.66. The summed E-state index contributed by atoms with van der Waals surface area (Å²) in [5.41, 5.74) is 5.83. The molecule has 16 heavy (non-hydrogen) atoms. The Balaban J connectivity index is 2.41. The predicted molar refractivity (Wildman–Crippen MR) is 71.8 cm³/mol. The maximum Gasteiger partial charge on any atom is 0.239 e. The molecule has 1 rings (SSSR count). The zero-order chi connectivity index (χ0) is 12.0. The average molecular weight is 258 g/mol. The van der Waals surface area contributed by atoms with E-state index >= 15 is 0 Å². The summed E-state index contributed by atoms with van der Waals surface area (Å²) in [6.45, 7) is 0.656. The number of hydrogen-bond donors (Lipinski definition) is 1. The molecular weight excluding hydrogens is 240 g/mol. The highest BCUT2D eigenvalue weighted by molar-refractivity contribution is 7.98. The molecule has 5 heteroatoms. The van der Waals surface area contributed by atoms with Crippen molar-refractivity contribution in [1.29, 1.82) is 0 Å². The molecule has 0 unspecified atom stereocenters. The zero-order valence-electron chi connectivity index (χ0n) is 9.68. The summed E-state index contributed by atoms with van der Waals surface area (Å²) >= 11 is 3.38. The summed E-state index contributed by atoms with van der Waals surface area (Å²) in [4.78, 5) is 14.8. The highest BCUT2D eigenvalue weighted by atomic mass is 32.2. The molecule has 0 saturated heterocycles. The highest BCUT2D eigenvalue weighted by Gasteiger charge is 2.17. The van der Waals surface area contributed by atoms with Crippen molar-refractivity contribution in [3.05, 3.63) is 22.4 Å². The van der Waals surface area contributed by atoms with Crippen molar-refractivity contribution < 1.29 is 4.79 Å². The Hall–Kier alpha value is -0.520. The number of thioether (sulfide) groups is 1. The van der Waals surface area contributed by atoms with Gasteiger partial charge in [-0.2, -0.15) is 11.8 Å². The van der Waals surface area contributed by atoms with Crippen LogP contribution < -0.4 is 5.73 Å². The number of nitrogens with two attached hydrogens (primary N) is 1. The van der Waals surface area contributed by atoms with E-state index in [1.165, 1.54) is 4.88 Å². The molecule has 0 aliphatic carbocycles. The lowest BCUT2D eigenvalue weighted by molar-refractivity contribution is -0.131. The second-order valence-corrected chi connectivity index (χ2v) is 5.68. The molecule has 0 bridgehead atoms. The summed E-state index contributed by atoms with van der Waals surface area (Å²) < 4.78 is 0. The van der Waals surface area contributed by atoms with Gasteiger partial charge in [-0.3, -0.25) is 4.79 Å². The first-order valence-electron chi connectivity index (χ1n) is 5.17. The van der Waals surface area contributed by atoms with Crippen molar-refractivity contribution in [1.82, 2.24) is 4.90 Å². The molecule has 0 aromatic carbocycles. The van der Waals surface area contributed by atoms with Gasteiger partial charge in [-0.25, -0.2) is 0 Å². The van der Waals surface area contributed by atoms with Crippen molar-refractivity contribution in [2.45, 2.75) is 19.0 Å². The highest BCUT2D eigenvalue weighted by Crippen LogP contribution is 2.11. The number of hydrogen-bond acceptors (Lipinski definition) is 4. The normalized spacial score (nSPS) is 12.4. The van der Waals surface area contributed by atoms with Crippen LogP contribution in [-0.4, -0.2) is 35.9 Å². The Morgan fingerprint density at radius 1 is 1.69 bits per heavy atom. The number of carbonyl (C=O) groups excluding carboxylic acids is 1. The molecule has 0 radical (unpaired) electrons. The van der Waals surface area contributed by atoms with E-state index in [-0.39, 0.29) is 11.9 Å². The van der Waals surface area contributed by atoms with Crippen LogP contribution in [0.2, 0.25) is 0 Å². The molecule has 1 aromatic rings. The first-order chi connectivity index (χ1) is 7.65. The maximum absolute atomic E-state index is 11.9. The summed E-state index contributed by atoms with van der Waals surface area (Å²) in [6.07, 6.45) is 2.77. The molecule has 0 aliphatic heterocycles. The van der Waals surface area contributed by atoms with Gasteiger partial charge in [0.25, 0.3) is 0 Å². The number of thiophene rings is 1. The monoisotopic (exact) mass is 258 g/mol. The van der Waals surface area contributed by atoms with Crippen molar-refractivity contribution in [2.24, 2.45) is 5.73 Å². The van der Waals surface area contributed by atoms with Crippen molar-refractivity contribution >= 4 is 29.0 Å². The van der Waals surface area contributed by atoms with E-state index in [0.717, 1.165) is 12.2 Å². The third-order valence-electron chi connectivity index (χ3n) is 2.30. The zero-order valence-corrected chi connectivity index (χ0v) is 11.3. The molecule has 1 aromatic heterocycles. The minimum Gasteiger partial charge on any atom is -0.339 e. The lowest BCUT2D eigenvalue weighted by Crippen LogP contribution is -2.41. The summed E-state index contributed by atoms with van der Waals surface area (Å²) in [5.74, 6) is 0.960. The molecule has 0 saturated carbocycles. The molecule has 0 aliphatic rings. The largest absolute Gasteiger partial charge is 0.339 e. The Morgan fingerprint density at radius 3 is 3.00 bits per heavy atom. The third kappa shape index (κ3) is 4.15. The van der Waals surface area contributed by atoms with E-state index in [9.17, 15) is 4.79 Å². The Labute approximate surface area is 105 Å². The van der Waals surface area contributed by atoms with Gasteiger partial charge >= 0.3 is 0 Å². The molecule has 1 amide bonds. The van der Waals surface area contributed by atoms with Gasteiger partial charge in [0.2, 0.25) is 5.91 Å². The number of rotatable bonds is 6. The molecular formula is C11H18N2OS2. The van der Waals surface area contributed by atoms with Gasteiger partial charge in [-0.15, -0.1) is 11.3 Å². The van der Waals surface area contributed by atoms with E-state index in [1.807, 2.05) is 23.8 Å². The molecule has 90 valence electrons. The van der Waals surface area contributed by atoms with Gasteiger partial charge in [0.15, 0.2) is 0 Å². The standard InChI is InChI=1S/C11H18N2OS2/c1-13(8-9-4-3-6-16-9)11(14)10(12)5-7-15-2/h3-4,6,10H,5,7-8,12H2,1-2H3/t10-/m0/s1. The lowest BCUT2D eigenvalue weighted by atomic mass is 10.2. The summed E-state index contributed by atoms with van der Waals surface area (Å²) in [5, 5.41) is 2.02. The SMILES string of the molecule is CSCC[C@H](N)C(=O)N(C)Cc1cccs1. The van der Waals surface area contributed by atoms with Crippen LogP contribution in [-0.2, 0) is 11.3 Å². The fourth-order valence-corrected chi connectivity index (χ4v) is 2.61. The van der Waals surface area contributed by atoms with Crippen LogP contribution >= 0.6 is 23.1 Å². The number of nitrogens with zero attached hydrogens (tertiary/aromatic N) is 1. The van der Waals surface area contributed by atoms with Crippen LogP contribution in [0.25, 0.3) is 0 Å². The third-order valence-corrected chi connectivity index (χ3v) is 3.80. The number of amides is 1. The molecule has 1 heterocycles. The van der Waals surface area contributed by atoms with Crippen LogP contribution in [0, 0.1) is 0 Å². The molecule has 3 nitrogen and oxygen atoms in total. The van der Waals surface area contributed by atoms with E-state index < -0.39 is 0 Å². The average Bonchev–Trinajstić information content (AvgIpc) is 2.77. The molecule has 0 spiro atoms. The van der Waals surface area contributed by atoms with Crippen LogP contribution in [0.3, 0.4) is 0 Å². The van der Waals surface area contributed by atoms with Crippen LogP contribution in [0.1, 0.15) is 11.3 Å². The van der Waals surface area contributed by atoms with E-state index in [2.05, 4.69) is 0 Å². The Bertz CT molecular complexity index is 314. The van der Waals surface area contributed by atoms with Gasteiger partial charge in [0.1, 0.15) is 0 Å². The van der Waals surface area contributed by atoms with Crippen LogP contribution in [0.15, 0.2) is 17.5 Å². The number of likely N-dealkylation sites (N-methyl/N-ethyl adjacent to an activating group) is 1. The van der Waals surface area contributed by atoms with E-state index in [0.29, 0.717) is 6.54 Å². The Morgan fingerprint density at radius 2 is 2.44 bits per heavy atom. The van der Waals surface area contributed by atoms with Gasteiger partial charge in [-0.1, -0.05) is 6.07 Å². The molecule has 2 N–H and O–H groups in total. The second-order valence-electron chi connectivity index (χ2n) is 3.66. The lowest BCUT2D eigenvalue weighted by Gasteiger charge is -2.20. The first kappa shape index (κ1) is 13.5. The fraction of sp³-hybridized carbons (Fsp3) is 0.545. The van der Waals surface area contributed by atoms with Gasteiger partial charge in [-0.05, 0) is 29.9 Å². The van der Waals surface area contributed by atoms with E-state index in [4.69, 9.17) is 5.73 Å². The predicted octanol–water partition coefficient (Wildman–Crippen LogP) is 1.79. The van der Waals surface area contributed by atoms with Gasteiger partial charge in [0.05, 0.1) is 12.6 Å². The minimum absolute atomic E-state index is 0.0300. The van der Waals surface area contributed by atoms with Crippen LogP contribution in [0.4, 0.5) is 0 Å². The van der Waals surface area contributed by atoms with Crippen molar-refractivity contribution in [3.8, 4) is 0 Å². The van der Waals surface area contributed by atoms with Gasteiger partial charge < -0.3 is 10.6 Å². The quantitative estimate of drug-likeness (QED) is 0.846. The minimum atomic E-state index is -0.364. The van der Waals surface area contributed by atoms with Crippen molar-refractivity contribution in [2.75, 3.05) is 19.1 Å². The molecule has 0 fully saturated rings. The van der Waals surface area contributed by atoms with Crippen molar-refractivity contribution in [3.63, 3.8) is 0 Å². The van der Waals surface area contributed by atoms with Crippen LogP contribution in [0.5, 0.6) is 0 Å².